The zero-order valence-electron chi connectivity index (χ0n) is 17.7. The summed E-state index contributed by atoms with van der Waals surface area (Å²) in [4.78, 5) is 25.3. The molecule has 1 heterocycles. The molecule has 0 bridgehead atoms. The number of nitrogens with one attached hydrogen (secondary N) is 2. The minimum atomic E-state index is -0.481. The van der Waals surface area contributed by atoms with Gasteiger partial charge in [-0.2, -0.15) is 5.10 Å². The van der Waals surface area contributed by atoms with E-state index in [1.807, 2.05) is 55.5 Å². The van der Waals surface area contributed by atoms with Gasteiger partial charge in [-0.3, -0.25) is 20.4 Å². The Morgan fingerprint density at radius 3 is 2.31 bits per heavy atom. The predicted octanol–water partition coefficient (Wildman–Crippen LogP) is 3.93. The van der Waals surface area contributed by atoms with E-state index >= 15 is 0 Å². The van der Waals surface area contributed by atoms with E-state index in [1.165, 1.54) is 0 Å². The lowest BCUT2D eigenvalue weighted by Crippen LogP contribution is -2.41. The van der Waals surface area contributed by atoms with Crippen LogP contribution in [0.2, 0.25) is 0 Å². The molecular weight excluding hydrogens is 404 g/mol. The molecule has 0 aliphatic heterocycles. The van der Waals surface area contributed by atoms with E-state index in [0.29, 0.717) is 22.6 Å². The molecule has 0 saturated carbocycles. The predicted molar refractivity (Wildman–Crippen MR) is 122 cm³/mol. The first-order chi connectivity index (χ1) is 15.5. The molecular formula is C25H22N4O3. The highest BCUT2D eigenvalue weighted by molar-refractivity contribution is 6.02. The van der Waals surface area contributed by atoms with E-state index in [0.717, 1.165) is 16.8 Å². The number of rotatable bonds is 5. The molecule has 0 spiro atoms. The fourth-order valence-corrected chi connectivity index (χ4v) is 3.20. The molecule has 7 nitrogen and oxygen atoms in total. The number of aryl methyl sites for hydroxylation is 1. The molecule has 32 heavy (non-hydrogen) atoms. The summed E-state index contributed by atoms with van der Waals surface area (Å²) < 4.78 is 6.96. The number of amides is 2. The molecule has 0 unspecified atom stereocenters. The molecule has 2 amide bonds. The summed E-state index contributed by atoms with van der Waals surface area (Å²) in [6.45, 7) is 2.00. The number of aromatic nitrogens is 2. The minimum absolute atomic E-state index is 0.312. The summed E-state index contributed by atoms with van der Waals surface area (Å²) in [5.74, 6) is -0.241. The Morgan fingerprint density at radius 1 is 0.875 bits per heavy atom. The summed E-state index contributed by atoms with van der Waals surface area (Å²) in [7, 11) is 1.58. The molecule has 0 saturated heterocycles. The number of hydrogen-bond donors (Lipinski definition) is 2. The molecule has 4 rings (SSSR count). The molecule has 160 valence electrons. The number of ether oxygens (including phenoxy) is 1. The second kappa shape index (κ2) is 9.18. The van der Waals surface area contributed by atoms with Gasteiger partial charge in [0, 0.05) is 17.3 Å². The molecule has 1 aromatic heterocycles. The van der Waals surface area contributed by atoms with Crippen molar-refractivity contribution in [3.05, 3.63) is 102 Å². The van der Waals surface area contributed by atoms with Crippen LogP contribution in [0, 0.1) is 6.92 Å². The Kier molecular flexibility index (Phi) is 5.98. The van der Waals surface area contributed by atoms with Gasteiger partial charge in [-0.05, 0) is 43.3 Å². The fourth-order valence-electron chi connectivity index (χ4n) is 3.20. The third-order valence-corrected chi connectivity index (χ3v) is 4.93. The van der Waals surface area contributed by atoms with Crippen LogP contribution in [-0.4, -0.2) is 28.7 Å². The topological polar surface area (TPSA) is 85.2 Å². The van der Waals surface area contributed by atoms with Gasteiger partial charge in [-0.1, -0.05) is 48.0 Å². The molecule has 3 aromatic carbocycles. The summed E-state index contributed by atoms with van der Waals surface area (Å²) in [5.41, 5.74) is 8.81. The van der Waals surface area contributed by atoms with E-state index in [9.17, 15) is 9.59 Å². The van der Waals surface area contributed by atoms with Gasteiger partial charge >= 0.3 is 0 Å². The fraction of sp³-hybridized carbons (Fsp3) is 0.0800. The summed E-state index contributed by atoms with van der Waals surface area (Å²) in [5, 5.41) is 4.65. The van der Waals surface area contributed by atoms with Gasteiger partial charge in [0.1, 0.15) is 11.4 Å². The van der Waals surface area contributed by atoms with Gasteiger partial charge in [0.25, 0.3) is 11.8 Å². The smallest absolute Gasteiger partial charge is 0.273 e. The van der Waals surface area contributed by atoms with Gasteiger partial charge in [-0.25, -0.2) is 4.68 Å². The Labute approximate surface area is 185 Å². The zero-order valence-corrected chi connectivity index (χ0v) is 17.7. The van der Waals surface area contributed by atoms with Crippen LogP contribution in [0.15, 0.2) is 85.1 Å². The lowest BCUT2D eigenvalue weighted by molar-refractivity contribution is 0.0847. The van der Waals surface area contributed by atoms with E-state index < -0.39 is 11.8 Å². The number of methoxy groups -OCH3 is 1. The van der Waals surface area contributed by atoms with Gasteiger partial charge < -0.3 is 4.74 Å². The number of hydrogen-bond acceptors (Lipinski definition) is 4. The molecule has 0 aliphatic rings. The van der Waals surface area contributed by atoms with E-state index in [4.69, 9.17) is 4.74 Å². The summed E-state index contributed by atoms with van der Waals surface area (Å²) in [6.07, 6.45) is 1.64. The van der Waals surface area contributed by atoms with Gasteiger partial charge in [-0.15, -0.1) is 0 Å². The number of carbonyl (C=O) groups is 2. The Morgan fingerprint density at radius 2 is 1.59 bits per heavy atom. The van der Waals surface area contributed by atoms with Crippen LogP contribution in [0.1, 0.15) is 26.3 Å². The molecule has 2 N–H and O–H groups in total. The molecule has 0 atom stereocenters. The van der Waals surface area contributed by atoms with Crippen LogP contribution in [0.5, 0.6) is 5.75 Å². The number of nitrogens with zero attached hydrogens (tertiary/aromatic N) is 2. The Balaban J connectivity index is 1.66. The first-order valence-electron chi connectivity index (χ1n) is 10.0. The van der Waals surface area contributed by atoms with Crippen molar-refractivity contribution in [1.82, 2.24) is 20.6 Å². The van der Waals surface area contributed by atoms with Gasteiger partial charge in [0.2, 0.25) is 0 Å². The van der Waals surface area contributed by atoms with Crippen molar-refractivity contribution in [2.45, 2.75) is 6.92 Å². The van der Waals surface area contributed by atoms with Crippen molar-refractivity contribution >= 4 is 11.8 Å². The highest BCUT2D eigenvalue weighted by atomic mass is 16.5. The van der Waals surface area contributed by atoms with Crippen molar-refractivity contribution in [3.8, 4) is 22.7 Å². The second-order valence-corrected chi connectivity index (χ2v) is 7.18. The highest BCUT2D eigenvalue weighted by Gasteiger charge is 2.20. The second-order valence-electron chi connectivity index (χ2n) is 7.18. The average molecular weight is 426 g/mol. The van der Waals surface area contributed by atoms with E-state index in [-0.39, 0.29) is 0 Å². The monoisotopic (exact) mass is 426 g/mol. The van der Waals surface area contributed by atoms with Crippen LogP contribution >= 0.6 is 0 Å². The highest BCUT2D eigenvalue weighted by Crippen LogP contribution is 2.27. The number of carbonyl (C=O) groups excluding carboxylic acids is 2. The lowest BCUT2D eigenvalue weighted by atomic mass is 10.1. The average Bonchev–Trinajstić information content (AvgIpc) is 3.29. The van der Waals surface area contributed by atoms with E-state index in [2.05, 4.69) is 16.0 Å². The maximum Gasteiger partial charge on any atom is 0.273 e. The summed E-state index contributed by atoms with van der Waals surface area (Å²) >= 11 is 0. The van der Waals surface area contributed by atoms with Crippen molar-refractivity contribution < 1.29 is 14.3 Å². The van der Waals surface area contributed by atoms with Crippen LogP contribution in [0.25, 0.3) is 16.9 Å². The Bertz CT molecular complexity index is 1250. The molecule has 4 aromatic rings. The minimum Gasteiger partial charge on any atom is -0.497 e. The third kappa shape index (κ3) is 4.52. The number of hydrazine groups is 1. The quantitative estimate of drug-likeness (QED) is 0.474. The molecule has 0 radical (unpaired) electrons. The third-order valence-electron chi connectivity index (χ3n) is 4.93. The van der Waals surface area contributed by atoms with Gasteiger partial charge in [0.15, 0.2) is 0 Å². The Hall–Kier alpha value is -4.39. The van der Waals surface area contributed by atoms with Crippen LogP contribution in [0.3, 0.4) is 0 Å². The largest absolute Gasteiger partial charge is 0.497 e. The van der Waals surface area contributed by atoms with Crippen molar-refractivity contribution in [3.63, 3.8) is 0 Å². The number of benzene rings is 3. The lowest BCUT2D eigenvalue weighted by Gasteiger charge is -2.08. The van der Waals surface area contributed by atoms with Crippen LogP contribution < -0.4 is 15.6 Å². The molecule has 0 fully saturated rings. The maximum atomic E-state index is 13.0. The van der Waals surface area contributed by atoms with Crippen LogP contribution in [0.4, 0.5) is 0 Å². The maximum absolute atomic E-state index is 13.0. The summed E-state index contributed by atoms with van der Waals surface area (Å²) in [6, 6.07) is 23.8. The normalized spacial score (nSPS) is 10.4. The van der Waals surface area contributed by atoms with Gasteiger partial charge in [0.05, 0.1) is 18.4 Å². The first-order valence-corrected chi connectivity index (χ1v) is 10.0. The van der Waals surface area contributed by atoms with Crippen LogP contribution in [-0.2, 0) is 0 Å². The van der Waals surface area contributed by atoms with Crippen molar-refractivity contribution in [2.24, 2.45) is 0 Å². The van der Waals surface area contributed by atoms with Crippen molar-refractivity contribution in [2.75, 3.05) is 7.11 Å². The standard InChI is InChI=1S/C25H22N4O3/c1-17-11-13-20(14-12-17)29-16-22(23(28-29)19-9-6-10-21(15-19)32-2)25(31)27-26-24(30)18-7-4-3-5-8-18/h3-16H,1-2H3,(H,26,30)(H,27,31). The first kappa shape index (κ1) is 20.9. The van der Waals surface area contributed by atoms with E-state index in [1.54, 1.807) is 48.3 Å². The SMILES string of the molecule is COc1cccc(-c2nn(-c3ccc(C)cc3)cc2C(=O)NNC(=O)c2ccccc2)c1. The van der Waals surface area contributed by atoms with Crippen molar-refractivity contribution in [1.29, 1.82) is 0 Å². The molecule has 0 aliphatic carbocycles. The molecule has 7 heteroatoms. The zero-order chi connectivity index (χ0) is 22.5.